The van der Waals surface area contributed by atoms with Crippen molar-refractivity contribution in [3.8, 4) is 67.5 Å². The zero-order valence-corrected chi connectivity index (χ0v) is 31.7. The zero-order chi connectivity index (χ0) is 38.1. The molecule has 57 heavy (non-hydrogen) atoms. The van der Waals surface area contributed by atoms with Crippen molar-refractivity contribution in [1.82, 2.24) is 15.0 Å². The van der Waals surface area contributed by atoms with Crippen LogP contribution in [0.5, 0.6) is 0 Å². The van der Waals surface area contributed by atoms with Gasteiger partial charge in [-0.05, 0) is 107 Å². The highest BCUT2D eigenvalue weighted by Crippen LogP contribution is 2.52. The van der Waals surface area contributed by atoms with Gasteiger partial charge >= 0.3 is 0 Å². The maximum atomic E-state index is 5.01. The minimum Gasteiger partial charge on any atom is -0.208 e. The first-order valence-corrected chi connectivity index (χ1v) is 19.6. The van der Waals surface area contributed by atoms with Crippen LogP contribution in [0.4, 0.5) is 0 Å². The van der Waals surface area contributed by atoms with Crippen LogP contribution in [0.1, 0.15) is 25.0 Å². The fraction of sp³-hybridized carbons (Fsp3) is 0.0556. The molecule has 3 heteroatoms. The van der Waals surface area contributed by atoms with Gasteiger partial charge in [0, 0.05) is 22.1 Å². The summed E-state index contributed by atoms with van der Waals surface area (Å²) in [6, 6.07) is 67.4. The Hall–Kier alpha value is -7.23. The molecular formula is C54H37N3. The lowest BCUT2D eigenvalue weighted by Gasteiger charge is -2.23. The second-order valence-electron chi connectivity index (χ2n) is 15.6. The van der Waals surface area contributed by atoms with Gasteiger partial charge in [-0.1, -0.05) is 172 Å². The van der Waals surface area contributed by atoms with Gasteiger partial charge in [0.2, 0.25) is 0 Å². The zero-order valence-electron chi connectivity index (χ0n) is 31.7. The van der Waals surface area contributed by atoms with Crippen molar-refractivity contribution in [2.24, 2.45) is 0 Å². The van der Waals surface area contributed by atoms with Gasteiger partial charge in [0.05, 0.1) is 0 Å². The average molecular weight is 728 g/mol. The van der Waals surface area contributed by atoms with E-state index < -0.39 is 0 Å². The second-order valence-corrected chi connectivity index (χ2v) is 15.6. The molecule has 1 aliphatic carbocycles. The summed E-state index contributed by atoms with van der Waals surface area (Å²) < 4.78 is 0. The molecule has 0 saturated carbocycles. The molecule has 0 fully saturated rings. The first kappa shape index (κ1) is 33.1. The van der Waals surface area contributed by atoms with Crippen LogP contribution >= 0.6 is 0 Å². The third-order valence-electron chi connectivity index (χ3n) is 11.9. The standard InChI is InChI=1S/C54H37N3/c1-54(2)49-31-39(34-15-6-3-7-16-34)26-28-44(49)48-32-46-42-24-13-12-23-41(42)45-30-38(25-27-43(45)47(46)33-50(48)54)37-21-14-22-40(29-37)53-56-51(35-17-8-4-9-18-35)55-52(57-53)36-19-10-5-11-20-36/h3-33H,1-2H3. The van der Waals surface area contributed by atoms with E-state index >= 15 is 0 Å². The maximum Gasteiger partial charge on any atom is 0.164 e. The number of nitrogens with zero attached hydrogens (tertiary/aromatic N) is 3. The molecule has 10 aromatic rings. The Morgan fingerprint density at radius 1 is 0.281 bits per heavy atom. The molecule has 0 atom stereocenters. The lowest BCUT2D eigenvalue weighted by molar-refractivity contribution is 0.661. The van der Waals surface area contributed by atoms with E-state index in [1.54, 1.807) is 0 Å². The third-order valence-corrected chi connectivity index (χ3v) is 11.9. The van der Waals surface area contributed by atoms with Crippen LogP contribution in [-0.2, 0) is 5.41 Å². The Morgan fingerprint density at radius 2 is 0.719 bits per heavy atom. The molecule has 9 aromatic carbocycles. The normalized spacial score (nSPS) is 12.9. The summed E-state index contributed by atoms with van der Waals surface area (Å²) in [4.78, 5) is 14.9. The van der Waals surface area contributed by atoms with Crippen molar-refractivity contribution in [1.29, 1.82) is 0 Å². The summed E-state index contributed by atoms with van der Waals surface area (Å²) in [7, 11) is 0. The molecule has 0 bridgehead atoms. The smallest absolute Gasteiger partial charge is 0.164 e. The van der Waals surface area contributed by atoms with Crippen LogP contribution < -0.4 is 0 Å². The van der Waals surface area contributed by atoms with Crippen molar-refractivity contribution >= 4 is 32.3 Å². The highest BCUT2D eigenvalue weighted by atomic mass is 15.0. The van der Waals surface area contributed by atoms with E-state index in [2.05, 4.69) is 141 Å². The number of rotatable bonds is 5. The van der Waals surface area contributed by atoms with Crippen LogP contribution in [0.2, 0.25) is 0 Å². The Kier molecular flexibility index (Phi) is 7.52. The van der Waals surface area contributed by atoms with Crippen molar-refractivity contribution < 1.29 is 0 Å². The Labute approximate surface area is 332 Å². The van der Waals surface area contributed by atoms with Crippen molar-refractivity contribution in [3.63, 3.8) is 0 Å². The molecule has 0 unspecified atom stereocenters. The highest BCUT2D eigenvalue weighted by molar-refractivity contribution is 6.26. The Morgan fingerprint density at radius 3 is 1.37 bits per heavy atom. The predicted octanol–water partition coefficient (Wildman–Crippen LogP) is 14.0. The van der Waals surface area contributed by atoms with Gasteiger partial charge in [-0.3, -0.25) is 0 Å². The molecular weight excluding hydrogens is 691 g/mol. The summed E-state index contributed by atoms with van der Waals surface area (Å²) >= 11 is 0. The minimum absolute atomic E-state index is 0.141. The Bertz CT molecular complexity index is 3130. The maximum absolute atomic E-state index is 5.01. The van der Waals surface area contributed by atoms with Crippen LogP contribution in [0.3, 0.4) is 0 Å². The first-order valence-electron chi connectivity index (χ1n) is 19.6. The molecule has 0 aliphatic heterocycles. The van der Waals surface area contributed by atoms with E-state index in [0.717, 1.165) is 27.8 Å². The summed E-state index contributed by atoms with van der Waals surface area (Å²) in [5.74, 6) is 1.96. The quantitative estimate of drug-likeness (QED) is 0.166. The van der Waals surface area contributed by atoms with E-state index in [1.807, 2.05) is 60.7 Å². The predicted molar refractivity (Wildman–Crippen MR) is 237 cm³/mol. The van der Waals surface area contributed by atoms with Crippen molar-refractivity contribution in [3.05, 3.63) is 199 Å². The average Bonchev–Trinajstić information content (AvgIpc) is 3.50. The second kappa shape index (κ2) is 12.9. The lowest BCUT2D eigenvalue weighted by Crippen LogP contribution is -2.15. The van der Waals surface area contributed by atoms with Crippen molar-refractivity contribution in [2.45, 2.75) is 19.3 Å². The van der Waals surface area contributed by atoms with Gasteiger partial charge in [0.25, 0.3) is 0 Å². The Balaban J connectivity index is 1.05. The molecule has 0 N–H and O–H groups in total. The van der Waals surface area contributed by atoms with Crippen LogP contribution in [0.15, 0.2) is 188 Å². The monoisotopic (exact) mass is 727 g/mol. The summed E-state index contributed by atoms with van der Waals surface area (Å²) in [5.41, 5.74) is 12.9. The number of hydrogen-bond donors (Lipinski definition) is 0. The summed E-state index contributed by atoms with van der Waals surface area (Å²) in [5, 5.41) is 7.62. The number of benzene rings is 9. The van der Waals surface area contributed by atoms with E-state index in [1.165, 1.54) is 65.7 Å². The molecule has 11 rings (SSSR count). The van der Waals surface area contributed by atoms with E-state index in [4.69, 9.17) is 15.0 Å². The number of fused-ring (bicyclic) bond motifs is 9. The molecule has 268 valence electrons. The van der Waals surface area contributed by atoms with E-state index in [9.17, 15) is 0 Å². The third kappa shape index (κ3) is 5.46. The lowest BCUT2D eigenvalue weighted by atomic mass is 9.80. The molecule has 1 aromatic heterocycles. The van der Waals surface area contributed by atoms with Crippen LogP contribution in [-0.4, -0.2) is 15.0 Å². The van der Waals surface area contributed by atoms with Gasteiger partial charge in [-0.25, -0.2) is 15.0 Å². The molecule has 1 aliphatic rings. The van der Waals surface area contributed by atoms with Crippen LogP contribution in [0, 0.1) is 0 Å². The van der Waals surface area contributed by atoms with E-state index in [-0.39, 0.29) is 5.41 Å². The van der Waals surface area contributed by atoms with Gasteiger partial charge < -0.3 is 0 Å². The van der Waals surface area contributed by atoms with Gasteiger partial charge in [0.1, 0.15) is 0 Å². The largest absolute Gasteiger partial charge is 0.208 e. The van der Waals surface area contributed by atoms with Gasteiger partial charge in [0.15, 0.2) is 17.5 Å². The molecule has 3 nitrogen and oxygen atoms in total. The molecule has 0 radical (unpaired) electrons. The molecule has 0 amide bonds. The first-order chi connectivity index (χ1) is 28.0. The number of aromatic nitrogens is 3. The summed E-state index contributed by atoms with van der Waals surface area (Å²) in [6.07, 6.45) is 0. The topological polar surface area (TPSA) is 38.7 Å². The molecule has 0 saturated heterocycles. The molecule has 0 spiro atoms. The highest BCUT2D eigenvalue weighted by Gasteiger charge is 2.36. The van der Waals surface area contributed by atoms with Gasteiger partial charge in [-0.15, -0.1) is 0 Å². The fourth-order valence-corrected chi connectivity index (χ4v) is 8.95. The van der Waals surface area contributed by atoms with E-state index in [0.29, 0.717) is 17.5 Å². The van der Waals surface area contributed by atoms with Crippen LogP contribution in [0.25, 0.3) is 99.9 Å². The summed E-state index contributed by atoms with van der Waals surface area (Å²) in [6.45, 7) is 4.76. The molecule has 1 heterocycles. The fourth-order valence-electron chi connectivity index (χ4n) is 8.95. The SMILES string of the molecule is CC1(C)c2cc(-c3ccccc3)ccc2-c2cc3c4ccccc4c4cc(-c5cccc(-c6nc(-c7ccccc7)nc(-c7ccccc7)n6)c5)ccc4c3cc21. The van der Waals surface area contributed by atoms with Crippen molar-refractivity contribution in [2.75, 3.05) is 0 Å². The van der Waals surface area contributed by atoms with Gasteiger partial charge in [-0.2, -0.15) is 0 Å². The minimum atomic E-state index is -0.141. The number of hydrogen-bond acceptors (Lipinski definition) is 3.